The molecule has 104 valence electrons. The van der Waals surface area contributed by atoms with Gasteiger partial charge in [0.1, 0.15) is 12.4 Å². The van der Waals surface area contributed by atoms with E-state index in [4.69, 9.17) is 21.1 Å². The average Bonchev–Trinajstić information content (AvgIpc) is 2.48. The van der Waals surface area contributed by atoms with Crippen LogP contribution in [0.4, 0.5) is 0 Å². The Hall–Kier alpha value is -2.07. The Balaban J connectivity index is 1.91. The highest BCUT2D eigenvalue weighted by atomic mass is 35.5. The summed E-state index contributed by atoms with van der Waals surface area (Å²) in [5, 5.41) is 0.485. The minimum Gasteiger partial charge on any atom is -0.497 e. The fourth-order valence-electron chi connectivity index (χ4n) is 1.64. The third-order valence-electron chi connectivity index (χ3n) is 2.70. The predicted molar refractivity (Wildman–Crippen MR) is 75.7 cm³/mol. The molecule has 1 aromatic heterocycles. The lowest BCUT2D eigenvalue weighted by atomic mass is 10.1. The summed E-state index contributed by atoms with van der Waals surface area (Å²) >= 11 is 6.07. The number of rotatable bonds is 5. The Kier molecular flexibility index (Phi) is 4.96. The zero-order chi connectivity index (χ0) is 14.4. The molecule has 0 aliphatic carbocycles. The number of nitrogens with zero attached hydrogens (tertiary/aromatic N) is 1. The van der Waals surface area contributed by atoms with E-state index in [-0.39, 0.29) is 19.0 Å². The van der Waals surface area contributed by atoms with Crippen LogP contribution in [0.2, 0.25) is 5.02 Å². The number of halogens is 1. The van der Waals surface area contributed by atoms with Gasteiger partial charge >= 0.3 is 5.97 Å². The third kappa shape index (κ3) is 3.96. The van der Waals surface area contributed by atoms with Crippen LogP contribution in [0.5, 0.6) is 5.75 Å². The monoisotopic (exact) mass is 291 g/mol. The zero-order valence-corrected chi connectivity index (χ0v) is 11.8. The molecule has 0 saturated heterocycles. The maximum atomic E-state index is 11.8. The van der Waals surface area contributed by atoms with Crippen molar-refractivity contribution < 1.29 is 14.3 Å². The summed E-state index contributed by atoms with van der Waals surface area (Å²) in [4.78, 5) is 15.8. The van der Waals surface area contributed by atoms with Gasteiger partial charge in [0.05, 0.1) is 19.2 Å². The van der Waals surface area contributed by atoms with E-state index in [9.17, 15) is 4.79 Å². The van der Waals surface area contributed by atoms with Crippen molar-refractivity contribution in [3.05, 3.63) is 58.9 Å². The van der Waals surface area contributed by atoms with E-state index < -0.39 is 0 Å². The van der Waals surface area contributed by atoms with E-state index in [0.717, 1.165) is 0 Å². The summed E-state index contributed by atoms with van der Waals surface area (Å²) in [6, 6.07) is 10.6. The fourth-order valence-corrected chi connectivity index (χ4v) is 1.88. The SMILES string of the molecule is COc1ccc(CC(=O)OCc2ccccn2)c(Cl)c1. The van der Waals surface area contributed by atoms with E-state index in [1.165, 1.54) is 0 Å². The number of carbonyl (C=O) groups is 1. The molecule has 2 aromatic rings. The smallest absolute Gasteiger partial charge is 0.310 e. The van der Waals surface area contributed by atoms with Gasteiger partial charge in [-0.25, -0.2) is 0 Å². The Morgan fingerprint density at radius 3 is 2.80 bits per heavy atom. The van der Waals surface area contributed by atoms with Crippen molar-refractivity contribution in [3.8, 4) is 5.75 Å². The highest BCUT2D eigenvalue weighted by Crippen LogP contribution is 2.23. The molecule has 0 fully saturated rings. The number of pyridine rings is 1. The van der Waals surface area contributed by atoms with E-state index in [2.05, 4.69) is 4.98 Å². The Labute approximate surface area is 122 Å². The second-order valence-electron chi connectivity index (χ2n) is 4.12. The molecule has 0 atom stereocenters. The Morgan fingerprint density at radius 1 is 1.30 bits per heavy atom. The highest BCUT2D eigenvalue weighted by Gasteiger charge is 2.09. The number of hydrogen-bond donors (Lipinski definition) is 0. The lowest BCUT2D eigenvalue weighted by Crippen LogP contribution is -2.09. The van der Waals surface area contributed by atoms with E-state index in [1.807, 2.05) is 12.1 Å². The predicted octanol–water partition coefficient (Wildman–Crippen LogP) is 3.03. The summed E-state index contributed by atoms with van der Waals surface area (Å²) < 4.78 is 10.2. The van der Waals surface area contributed by atoms with Gasteiger partial charge in [-0.2, -0.15) is 0 Å². The van der Waals surface area contributed by atoms with Crippen molar-refractivity contribution in [1.29, 1.82) is 0 Å². The standard InChI is InChI=1S/C15H14ClNO3/c1-19-13-6-5-11(14(16)9-13)8-15(18)20-10-12-4-2-3-7-17-12/h2-7,9H,8,10H2,1H3. The van der Waals surface area contributed by atoms with E-state index in [0.29, 0.717) is 22.0 Å². The number of carbonyl (C=O) groups excluding carboxylic acids is 1. The Bertz CT molecular complexity index is 587. The van der Waals surface area contributed by atoms with Gasteiger partial charge in [-0.15, -0.1) is 0 Å². The third-order valence-corrected chi connectivity index (χ3v) is 3.05. The first-order valence-electron chi connectivity index (χ1n) is 6.07. The zero-order valence-electron chi connectivity index (χ0n) is 11.0. The second kappa shape index (κ2) is 6.91. The van der Waals surface area contributed by atoms with Gasteiger partial charge in [-0.3, -0.25) is 9.78 Å². The molecule has 0 spiro atoms. The van der Waals surface area contributed by atoms with Crippen molar-refractivity contribution in [3.63, 3.8) is 0 Å². The van der Waals surface area contributed by atoms with Crippen LogP contribution in [0.25, 0.3) is 0 Å². The van der Waals surface area contributed by atoms with E-state index in [1.54, 1.807) is 37.6 Å². The largest absolute Gasteiger partial charge is 0.497 e. The minimum absolute atomic E-state index is 0.121. The fraction of sp³-hybridized carbons (Fsp3) is 0.200. The molecule has 5 heteroatoms. The lowest BCUT2D eigenvalue weighted by molar-refractivity contribution is -0.144. The van der Waals surface area contributed by atoms with Gasteiger partial charge in [-0.05, 0) is 29.8 Å². The summed E-state index contributed by atoms with van der Waals surface area (Å²) in [6.45, 7) is 0.160. The second-order valence-corrected chi connectivity index (χ2v) is 4.52. The quantitative estimate of drug-likeness (QED) is 0.795. The van der Waals surface area contributed by atoms with Crippen molar-refractivity contribution in [2.75, 3.05) is 7.11 Å². The maximum Gasteiger partial charge on any atom is 0.310 e. The van der Waals surface area contributed by atoms with Gasteiger partial charge in [-0.1, -0.05) is 23.7 Å². The van der Waals surface area contributed by atoms with Crippen LogP contribution >= 0.6 is 11.6 Å². The van der Waals surface area contributed by atoms with Crippen LogP contribution in [0, 0.1) is 0 Å². The maximum absolute atomic E-state index is 11.8. The first-order valence-corrected chi connectivity index (χ1v) is 6.45. The van der Waals surface area contributed by atoms with Crippen molar-refractivity contribution >= 4 is 17.6 Å². The summed E-state index contributed by atoms with van der Waals surface area (Å²) in [6.07, 6.45) is 1.78. The van der Waals surface area contributed by atoms with Gasteiger partial charge in [0, 0.05) is 11.2 Å². The minimum atomic E-state index is -0.345. The van der Waals surface area contributed by atoms with Gasteiger partial charge < -0.3 is 9.47 Å². The molecular weight excluding hydrogens is 278 g/mol. The highest BCUT2D eigenvalue weighted by molar-refractivity contribution is 6.31. The van der Waals surface area contributed by atoms with Crippen LogP contribution in [-0.2, 0) is 22.6 Å². The molecular formula is C15H14ClNO3. The lowest BCUT2D eigenvalue weighted by Gasteiger charge is -2.07. The topological polar surface area (TPSA) is 48.4 Å². The van der Waals surface area contributed by atoms with Gasteiger partial charge in [0.15, 0.2) is 0 Å². The number of ether oxygens (including phenoxy) is 2. The number of esters is 1. The molecule has 0 N–H and O–H groups in total. The van der Waals surface area contributed by atoms with Crippen molar-refractivity contribution in [1.82, 2.24) is 4.98 Å². The summed E-state index contributed by atoms with van der Waals surface area (Å²) in [5.74, 6) is 0.309. The van der Waals surface area contributed by atoms with Crippen molar-refractivity contribution in [2.45, 2.75) is 13.0 Å². The summed E-state index contributed by atoms with van der Waals surface area (Å²) in [5.41, 5.74) is 1.42. The van der Waals surface area contributed by atoms with Gasteiger partial charge in [0.2, 0.25) is 0 Å². The van der Waals surface area contributed by atoms with Crippen LogP contribution in [0.3, 0.4) is 0 Å². The molecule has 0 aliphatic heterocycles. The first-order chi connectivity index (χ1) is 9.69. The summed E-state index contributed by atoms with van der Waals surface area (Å²) in [7, 11) is 1.56. The van der Waals surface area contributed by atoms with Crippen molar-refractivity contribution in [2.24, 2.45) is 0 Å². The van der Waals surface area contributed by atoms with Crippen LogP contribution in [0.15, 0.2) is 42.6 Å². The van der Waals surface area contributed by atoms with Crippen LogP contribution in [-0.4, -0.2) is 18.1 Å². The molecule has 0 bridgehead atoms. The average molecular weight is 292 g/mol. The number of hydrogen-bond acceptors (Lipinski definition) is 4. The molecule has 20 heavy (non-hydrogen) atoms. The molecule has 0 aliphatic rings. The molecule has 0 saturated carbocycles. The molecule has 4 nitrogen and oxygen atoms in total. The molecule has 2 rings (SSSR count). The molecule has 1 aromatic carbocycles. The Morgan fingerprint density at radius 2 is 2.15 bits per heavy atom. The van der Waals surface area contributed by atoms with E-state index >= 15 is 0 Å². The van der Waals surface area contributed by atoms with Gasteiger partial charge in [0.25, 0.3) is 0 Å². The van der Waals surface area contributed by atoms with Crippen LogP contribution in [0.1, 0.15) is 11.3 Å². The molecule has 0 amide bonds. The molecule has 0 unspecified atom stereocenters. The van der Waals surface area contributed by atoms with Crippen LogP contribution < -0.4 is 4.74 Å². The first kappa shape index (κ1) is 14.3. The normalized spacial score (nSPS) is 10.1. The number of benzene rings is 1. The number of aromatic nitrogens is 1. The molecule has 0 radical (unpaired) electrons. The number of methoxy groups -OCH3 is 1. The molecule has 1 heterocycles.